The van der Waals surface area contributed by atoms with Gasteiger partial charge in [0.25, 0.3) is 0 Å². The maximum Gasteiger partial charge on any atom is 0.326 e. The molecule has 0 unspecified atom stereocenters. The second-order valence-corrected chi connectivity index (χ2v) is 27.5. The maximum absolute atomic E-state index is 15.1. The Labute approximate surface area is 657 Å². The van der Waals surface area contributed by atoms with Gasteiger partial charge in [-0.3, -0.25) is 82.6 Å². The van der Waals surface area contributed by atoms with Crippen LogP contribution in [0.5, 0.6) is 0 Å². The molecule has 2 aliphatic heterocycles. The fourth-order valence-electron chi connectivity index (χ4n) is 12.1. The molecule has 622 valence electrons. The number of nitrogens with one attached hydrogen (secondary N) is 17. The number of carboxylic acids is 2. The van der Waals surface area contributed by atoms with Gasteiger partial charge >= 0.3 is 18.0 Å². The topological polar surface area (TPSA) is 730 Å². The number of fused-ring (bicyclic) bond motifs is 4. The summed E-state index contributed by atoms with van der Waals surface area (Å²) in [6, 6.07) is -14.6. The largest absolute Gasteiger partial charge is 0.481 e. The third kappa shape index (κ3) is 30.5. The Morgan fingerprint density at radius 2 is 1.23 bits per heavy atom. The molecule has 0 aliphatic carbocycles. The highest BCUT2D eigenvalue weighted by Gasteiger charge is 2.43. The molecule has 1 aromatic carbocycles. The first-order valence-corrected chi connectivity index (χ1v) is 37.5. The lowest BCUT2D eigenvalue weighted by atomic mass is 10.0. The van der Waals surface area contributed by atoms with Gasteiger partial charge in [0.05, 0.1) is 24.8 Å². The number of carboxylic acid groups (broad SMARTS) is 2. The van der Waals surface area contributed by atoms with E-state index in [0.29, 0.717) is 16.5 Å². The number of unbranched alkanes of at least 4 members (excludes halogenated alkanes) is 1. The molecule has 47 heteroatoms. The van der Waals surface area contributed by atoms with Gasteiger partial charge in [-0.1, -0.05) is 23.4 Å². The third-order valence-electron chi connectivity index (χ3n) is 18.0. The number of aryl methyl sites for hydroxylation is 1. The second kappa shape index (κ2) is 46.3. The van der Waals surface area contributed by atoms with Gasteiger partial charge in [0.15, 0.2) is 11.9 Å². The van der Waals surface area contributed by atoms with E-state index in [9.17, 15) is 87.2 Å². The van der Waals surface area contributed by atoms with Crippen LogP contribution in [0, 0.1) is 10.8 Å². The lowest BCUT2D eigenvalue weighted by molar-refractivity contribution is -0.146. The number of aromatic amines is 1. The van der Waals surface area contributed by atoms with Crippen molar-refractivity contribution in [3.05, 3.63) is 47.9 Å². The van der Waals surface area contributed by atoms with Crippen molar-refractivity contribution in [3.8, 4) is 0 Å². The summed E-state index contributed by atoms with van der Waals surface area (Å²) >= 11 is 8.48. The number of amides is 15. The van der Waals surface area contributed by atoms with Crippen LogP contribution in [0.15, 0.2) is 36.7 Å². The van der Waals surface area contributed by atoms with Crippen molar-refractivity contribution in [2.45, 2.75) is 195 Å². The number of thiol groups is 2. The number of aliphatic carboxylic acids is 2. The van der Waals surface area contributed by atoms with E-state index in [-0.39, 0.29) is 127 Å². The number of urea groups is 1. The number of aliphatic hydroxyl groups is 1. The Balaban J connectivity index is 1.67. The summed E-state index contributed by atoms with van der Waals surface area (Å²) < 4.78 is 1.19. The smallest absolute Gasteiger partial charge is 0.326 e. The van der Waals surface area contributed by atoms with E-state index in [0.717, 1.165) is 11.8 Å². The van der Waals surface area contributed by atoms with Gasteiger partial charge in [0, 0.05) is 86.8 Å². The van der Waals surface area contributed by atoms with Crippen molar-refractivity contribution in [1.82, 2.24) is 99.3 Å². The molecule has 0 spiro atoms. The molecular weight excluding hydrogens is 1530 g/mol. The lowest BCUT2D eigenvalue weighted by Gasteiger charge is -2.31. The number of primary amides is 2. The average Bonchev–Trinajstić information content (AvgIpc) is 1.77. The van der Waals surface area contributed by atoms with Crippen LogP contribution in [-0.2, 0) is 91.3 Å². The quantitative estimate of drug-likeness (QED) is 0.0128. The molecule has 2 aromatic heterocycles. The third-order valence-corrected chi connectivity index (χ3v) is 18.7. The minimum atomic E-state index is -2.06. The van der Waals surface area contributed by atoms with E-state index in [4.69, 9.17) is 39.5 Å². The highest BCUT2D eigenvalue weighted by Crippen LogP contribution is 2.23. The van der Waals surface area contributed by atoms with Crippen molar-refractivity contribution in [3.63, 3.8) is 0 Å². The van der Waals surface area contributed by atoms with Crippen LogP contribution in [-0.4, -0.2) is 270 Å². The minimum absolute atomic E-state index is 0.00271. The van der Waals surface area contributed by atoms with Crippen LogP contribution in [0.3, 0.4) is 0 Å². The van der Waals surface area contributed by atoms with Gasteiger partial charge in [-0.05, 0) is 95.6 Å². The van der Waals surface area contributed by atoms with E-state index in [2.05, 4.69) is 115 Å². The van der Waals surface area contributed by atoms with Crippen molar-refractivity contribution >= 4 is 143 Å². The van der Waals surface area contributed by atoms with Gasteiger partial charge in [-0.15, -0.1) is 5.10 Å². The number of nitrogens with zero attached hydrogens (tertiary/aromatic N) is 4. The van der Waals surface area contributed by atoms with Gasteiger partial charge in [-0.25, -0.2) is 9.59 Å². The fraction of sp³-hybridized carbons (Fsp3) is 0.576. The van der Waals surface area contributed by atoms with Crippen LogP contribution in [0.4, 0.5) is 4.79 Å². The Hall–Kier alpha value is -11.6. The number of hydrogen-bond acceptors (Lipinski definition) is 24. The average molecular weight is 1630 g/mol. The molecule has 0 radical (unpaired) electrons. The first-order valence-electron chi connectivity index (χ1n) is 36.2. The molecule has 2 aliphatic rings. The molecule has 13 atom stereocenters. The molecule has 4 heterocycles. The number of benzene rings is 1. The van der Waals surface area contributed by atoms with Gasteiger partial charge in [-0.2, -0.15) is 25.3 Å². The number of nitrogens with two attached hydrogens (primary N) is 5. The summed E-state index contributed by atoms with van der Waals surface area (Å²) in [4.78, 5) is 227. The molecule has 5 rings (SSSR count). The fourth-order valence-corrected chi connectivity index (χ4v) is 12.6. The standard InChI is InChI=1S/C66H102N26O19S2/c1-32(93)51-61(107)86-44(26-50(96)97)62(108)92-23-9-16-47(92)60(106)82-38(13-6-20-75-65(71)72)54(100)87-46(31-113)59(105)80-37(14-7-21-76-66(73)111)53(99)84-42(24-33-28-77-36-11-3-2-10-35(33)36)56(102)81-40(17-18-48(68)94)55(101)79-39(52(98)83-41(63(109)110)12-4-5-19-74-64(69)70)15-8-22-91-29-34(89-90-91)25-43(57(103)88-51)85-58(104)45(30-112)78-49(95)27-67/h2-3,10-11,28-29,32,37-47,51,77,93,112-113H,4-9,12-27,30-31,67H2,1H3,(H2,68,94)(H,78,95)(H,79,101)(H,80,105)(H,81,102)(H,82,106)(H,83,98)(H,84,99)(H,85,104)(H,86,107)(H,87,100)(H,88,103)(H,96,97)(H,109,110)(H4,69,70,74)(H4,71,72,75)(H3,73,76,111)/t32-,37+,38+,39+,40+,41-,42+,43+,44+,45+,46+,47+,51+/m1/s1. The van der Waals surface area contributed by atoms with E-state index in [1.165, 1.54) is 17.1 Å². The molecule has 2 bridgehead atoms. The summed E-state index contributed by atoms with van der Waals surface area (Å²) in [5.41, 5.74) is 28.2. The zero-order valence-corrected chi connectivity index (χ0v) is 63.7. The van der Waals surface area contributed by atoms with Crippen LogP contribution in [0.2, 0.25) is 0 Å². The molecule has 30 N–H and O–H groups in total. The number of guanidine groups is 2. The summed E-state index contributed by atoms with van der Waals surface area (Å²) in [6.07, 6.45) is -3.17. The number of hydrogen-bond donors (Lipinski definition) is 27. The van der Waals surface area contributed by atoms with E-state index < -0.39 is 217 Å². The molecule has 0 saturated carbocycles. The van der Waals surface area contributed by atoms with Crippen LogP contribution in [0.1, 0.15) is 108 Å². The van der Waals surface area contributed by atoms with E-state index in [1.807, 2.05) is 0 Å². The van der Waals surface area contributed by atoms with Crippen molar-refractivity contribution in [2.24, 2.45) is 28.7 Å². The predicted octanol–water partition coefficient (Wildman–Crippen LogP) is -8.95. The Kier molecular flexibility index (Phi) is 37.7. The Bertz CT molecular complexity index is 3900. The zero-order chi connectivity index (χ0) is 83.6. The Morgan fingerprint density at radius 3 is 1.83 bits per heavy atom. The summed E-state index contributed by atoms with van der Waals surface area (Å²) in [6.45, 7) is 0.00359. The molecular formula is C66H102N26O19S2. The Morgan fingerprint density at radius 1 is 0.655 bits per heavy atom. The second-order valence-electron chi connectivity index (χ2n) is 26.7. The van der Waals surface area contributed by atoms with Gasteiger partial charge in [0.2, 0.25) is 76.8 Å². The van der Waals surface area contributed by atoms with E-state index >= 15 is 4.79 Å². The summed E-state index contributed by atoms with van der Waals surface area (Å²) in [5, 5.41) is 90.1. The molecule has 45 nitrogen and oxygen atoms in total. The highest BCUT2D eigenvalue weighted by molar-refractivity contribution is 7.80. The lowest BCUT2D eigenvalue weighted by Crippen LogP contribution is -2.62. The molecule has 1 fully saturated rings. The molecule has 113 heavy (non-hydrogen) atoms. The van der Waals surface area contributed by atoms with Crippen LogP contribution >= 0.6 is 25.3 Å². The van der Waals surface area contributed by atoms with Crippen LogP contribution < -0.4 is 103 Å². The maximum atomic E-state index is 15.1. The zero-order valence-electron chi connectivity index (χ0n) is 61.9. The molecule has 1 saturated heterocycles. The van der Waals surface area contributed by atoms with Crippen molar-refractivity contribution in [1.29, 1.82) is 10.8 Å². The van der Waals surface area contributed by atoms with E-state index in [1.54, 1.807) is 24.3 Å². The number of para-hydroxylation sites is 1. The number of aliphatic hydroxyl groups excluding tert-OH is 1. The number of aromatic nitrogens is 4. The normalized spacial score (nSPS) is 22.5. The summed E-state index contributed by atoms with van der Waals surface area (Å²) in [7, 11) is 0. The SMILES string of the molecule is C[C@@H](O)[C@@H]1NC(=O)[C@@H](NC(=O)[C@H](CS)NC(=O)CN)Cc2cn(nn2)CCC[C@@H](C(=O)N[C@H](CCCCNC(=N)N)C(=O)O)NC(=O)[C@H](CCC(N)=O)NC(=O)[C@H](Cc2c[nH]c3ccccc23)NC(=O)[C@H](CCCNC(N)=O)NC(=O)[C@H](CS)NC(=O)[C@H](CCCNC(=N)N)NC(=O)[C@@H]2CCCN2C(=O)[C@H](CC(=O)O)NC1=O. The number of H-pyrrole nitrogens is 1. The monoisotopic (exact) mass is 1630 g/mol. The van der Waals surface area contributed by atoms with Crippen molar-refractivity contribution < 1.29 is 92.0 Å². The first kappa shape index (κ1) is 92.0. The number of carbonyl (C=O) groups excluding carboxylic acids is 14. The number of carbonyl (C=O) groups is 16. The minimum Gasteiger partial charge on any atom is -0.481 e. The van der Waals surface area contributed by atoms with Crippen molar-refractivity contribution in [2.75, 3.05) is 44.2 Å². The van der Waals surface area contributed by atoms with Crippen LogP contribution in [0.25, 0.3) is 10.9 Å². The molecule has 15 amide bonds. The summed E-state index contributed by atoms with van der Waals surface area (Å²) in [5.74, 6) is -18.8. The highest BCUT2D eigenvalue weighted by atomic mass is 32.1. The number of rotatable bonds is 30. The first-order chi connectivity index (χ1) is 53.6. The molecule has 3 aromatic rings. The predicted molar refractivity (Wildman–Crippen MR) is 407 cm³/mol. The van der Waals surface area contributed by atoms with Gasteiger partial charge < -0.3 is 128 Å². The van der Waals surface area contributed by atoms with Gasteiger partial charge in [0.1, 0.15) is 72.5 Å².